The van der Waals surface area contributed by atoms with Gasteiger partial charge in [-0.25, -0.2) is 4.79 Å². The highest BCUT2D eigenvalue weighted by Crippen LogP contribution is 2.29. The van der Waals surface area contributed by atoms with Crippen molar-refractivity contribution < 1.29 is 33.7 Å². The number of unbranched alkanes of at least 4 members (excludes halogenated alkanes) is 7. The molecule has 0 spiro atoms. The van der Waals surface area contributed by atoms with Crippen molar-refractivity contribution in [3.05, 3.63) is 0 Å². The molecule has 0 aromatic rings. The molecule has 28 heavy (non-hydrogen) atoms. The number of hydrogen-bond donors (Lipinski definition) is 1. The maximum Gasteiger partial charge on any atom is 0.341 e. The summed E-state index contributed by atoms with van der Waals surface area (Å²) in [5.41, 5.74) is -1.77. The molecule has 1 saturated heterocycles. The van der Waals surface area contributed by atoms with Gasteiger partial charge < -0.3 is 19.3 Å². The van der Waals surface area contributed by atoms with Crippen molar-refractivity contribution in [1.29, 1.82) is 0 Å². The number of carboxylic acids is 1. The summed E-state index contributed by atoms with van der Waals surface area (Å²) in [5, 5.41) is 9.03. The zero-order valence-electron chi connectivity index (χ0n) is 17.4. The number of cyclic esters (lactones) is 1. The van der Waals surface area contributed by atoms with Crippen LogP contribution < -0.4 is 0 Å². The molecule has 0 bridgehead atoms. The lowest BCUT2D eigenvalue weighted by atomic mass is 9.95. The molecule has 7 nitrogen and oxygen atoms in total. The maximum absolute atomic E-state index is 12.3. The Labute approximate surface area is 168 Å². The van der Waals surface area contributed by atoms with Crippen LogP contribution in [0, 0.1) is 0 Å². The van der Waals surface area contributed by atoms with Crippen LogP contribution >= 0.6 is 0 Å². The van der Waals surface area contributed by atoms with Crippen molar-refractivity contribution in [2.45, 2.75) is 109 Å². The summed E-state index contributed by atoms with van der Waals surface area (Å²) < 4.78 is 15.4. The van der Waals surface area contributed by atoms with Crippen molar-refractivity contribution >= 4 is 17.9 Å². The second kappa shape index (κ2) is 13.5. The van der Waals surface area contributed by atoms with E-state index in [-0.39, 0.29) is 12.9 Å². The van der Waals surface area contributed by atoms with Crippen molar-refractivity contribution in [2.24, 2.45) is 0 Å². The molecule has 1 aliphatic rings. The van der Waals surface area contributed by atoms with E-state index in [1.165, 1.54) is 38.5 Å². The number of esters is 2. The van der Waals surface area contributed by atoms with Gasteiger partial charge in [0.05, 0.1) is 12.8 Å². The second-order valence-electron chi connectivity index (χ2n) is 7.60. The van der Waals surface area contributed by atoms with Crippen LogP contribution in [0.3, 0.4) is 0 Å². The zero-order chi connectivity index (χ0) is 20.8. The molecule has 1 rings (SSSR count). The predicted octanol–water partition coefficient (Wildman–Crippen LogP) is 4.36. The van der Waals surface area contributed by atoms with E-state index < -0.39 is 36.4 Å². The first kappa shape index (κ1) is 24.4. The third kappa shape index (κ3) is 9.04. The van der Waals surface area contributed by atoms with Gasteiger partial charge in [-0.15, -0.1) is 0 Å². The second-order valence-corrected chi connectivity index (χ2v) is 7.60. The molecule has 7 heteroatoms. The molecule has 2 unspecified atom stereocenters. The SMILES string of the molecule is CCCCCCCCCCC(CCC)OC(=O)CC1(CC(=O)O)OCOC1=O. The van der Waals surface area contributed by atoms with Gasteiger partial charge >= 0.3 is 17.9 Å². The molecular weight excluding hydrogens is 364 g/mol. The normalized spacial score (nSPS) is 20.0. The molecule has 0 aromatic heterocycles. The van der Waals surface area contributed by atoms with Gasteiger partial charge in [0.25, 0.3) is 0 Å². The maximum atomic E-state index is 12.3. The van der Waals surface area contributed by atoms with Crippen LogP contribution in [0.1, 0.15) is 97.3 Å². The van der Waals surface area contributed by atoms with Gasteiger partial charge in [0.1, 0.15) is 6.10 Å². The zero-order valence-corrected chi connectivity index (χ0v) is 17.4. The van der Waals surface area contributed by atoms with E-state index in [0.29, 0.717) is 0 Å². The average molecular weight is 401 g/mol. The molecule has 0 amide bonds. The summed E-state index contributed by atoms with van der Waals surface area (Å²) in [6, 6.07) is 0. The summed E-state index contributed by atoms with van der Waals surface area (Å²) in [5.74, 6) is -2.66. The lowest BCUT2D eigenvalue weighted by Gasteiger charge is -2.23. The number of aliphatic carboxylic acids is 1. The molecule has 1 N–H and O–H groups in total. The molecule has 2 atom stereocenters. The number of ether oxygens (including phenoxy) is 3. The van der Waals surface area contributed by atoms with Crippen LogP contribution in [0.25, 0.3) is 0 Å². The fourth-order valence-corrected chi connectivity index (χ4v) is 3.49. The Morgan fingerprint density at radius 2 is 1.64 bits per heavy atom. The number of carbonyl (C=O) groups excluding carboxylic acids is 2. The Hall–Kier alpha value is -1.63. The van der Waals surface area contributed by atoms with Crippen LogP contribution in [0.5, 0.6) is 0 Å². The minimum atomic E-state index is -1.77. The summed E-state index contributed by atoms with van der Waals surface area (Å²) in [4.78, 5) is 35.3. The summed E-state index contributed by atoms with van der Waals surface area (Å²) in [6.45, 7) is 3.90. The van der Waals surface area contributed by atoms with Crippen molar-refractivity contribution in [1.82, 2.24) is 0 Å². The van der Waals surface area contributed by atoms with E-state index in [4.69, 9.17) is 19.3 Å². The first-order valence-electron chi connectivity index (χ1n) is 10.7. The number of rotatable bonds is 16. The lowest BCUT2D eigenvalue weighted by Crippen LogP contribution is -2.41. The monoisotopic (exact) mass is 400 g/mol. The van der Waals surface area contributed by atoms with Crippen LogP contribution in [0.4, 0.5) is 0 Å². The minimum Gasteiger partial charge on any atom is -0.481 e. The Kier molecular flexibility index (Phi) is 11.8. The quantitative estimate of drug-likeness (QED) is 0.303. The Balaban J connectivity index is 2.39. The first-order chi connectivity index (χ1) is 13.4. The Morgan fingerprint density at radius 1 is 1.00 bits per heavy atom. The largest absolute Gasteiger partial charge is 0.481 e. The highest BCUT2D eigenvalue weighted by Gasteiger charge is 2.50. The van der Waals surface area contributed by atoms with Crippen LogP contribution in [0.2, 0.25) is 0 Å². The van der Waals surface area contributed by atoms with Crippen LogP contribution in [0.15, 0.2) is 0 Å². The molecule has 0 aromatic carbocycles. The predicted molar refractivity (Wildman–Crippen MR) is 104 cm³/mol. The van der Waals surface area contributed by atoms with Gasteiger partial charge in [0.2, 0.25) is 0 Å². The van der Waals surface area contributed by atoms with Gasteiger partial charge in [0.15, 0.2) is 12.4 Å². The first-order valence-corrected chi connectivity index (χ1v) is 10.7. The van der Waals surface area contributed by atoms with E-state index in [1.807, 2.05) is 6.92 Å². The average Bonchev–Trinajstić information content (AvgIpc) is 2.96. The van der Waals surface area contributed by atoms with E-state index in [1.54, 1.807) is 0 Å². The van der Waals surface area contributed by atoms with E-state index in [0.717, 1.165) is 32.1 Å². The molecule has 0 aliphatic carbocycles. The number of carboxylic acid groups (broad SMARTS) is 1. The van der Waals surface area contributed by atoms with E-state index in [2.05, 4.69) is 6.92 Å². The van der Waals surface area contributed by atoms with Crippen molar-refractivity contribution in [3.63, 3.8) is 0 Å². The van der Waals surface area contributed by atoms with Crippen molar-refractivity contribution in [3.8, 4) is 0 Å². The van der Waals surface area contributed by atoms with E-state index in [9.17, 15) is 14.4 Å². The lowest BCUT2D eigenvalue weighted by molar-refractivity contribution is -0.163. The van der Waals surface area contributed by atoms with Gasteiger partial charge in [-0.2, -0.15) is 0 Å². The number of hydrogen-bond acceptors (Lipinski definition) is 6. The van der Waals surface area contributed by atoms with Gasteiger partial charge in [-0.05, 0) is 19.3 Å². The fourth-order valence-electron chi connectivity index (χ4n) is 3.49. The van der Waals surface area contributed by atoms with Crippen LogP contribution in [-0.2, 0) is 28.6 Å². The molecular formula is C21H36O7. The Morgan fingerprint density at radius 3 is 2.18 bits per heavy atom. The van der Waals surface area contributed by atoms with Crippen LogP contribution in [-0.4, -0.2) is 41.5 Å². The fraction of sp³-hybridized carbons (Fsp3) is 0.857. The molecule has 0 saturated carbocycles. The van der Waals surface area contributed by atoms with Gasteiger partial charge in [0, 0.05) is 0 Å². The number of carbonyl (C=O) groups is 3. The minimum absolute atomic E-state index is 0.211. The Bertz CT molecular complexity index is 491. The van der Waals surface area contributed by atoms with E-state index >= 15 is 0 Å². The standard InChI is InChI=1S/C21H36O7/c1-3-5-6-7-8-9-10-11-13-17(12-4-2)28-19(24)15-21(14-18(22)23)20(25)26-16-27-21/h17H,3-16H2,1-2H3,(H,22,23). The molecule has 1 aliphatic heterocycles. The summed E-state index contributed by atoms with van der Waals surface area (Å²) in [6.07, 6.45) is 10.8. The third-order valence-corrected chi connectivity index (χ3v) is 5.05. The smallest absolute Gasteiger partial charge is 0.341 e. The highest BCUT2D eigenvalue weighted by molar-refractivity contribution is 5.90. The van der Waals surface area contributed by atoms with Crippen molar-refractivity contribution in [2.75, 3.05) is 6.79 Å². The molecule has 1 heterocycles. The molecule has 162 valence electrons. The van der Waals surface area contributed by atoms with Gasteiger partial charge in [-0.3, -0.25) is 9.59 Å². The molecule has 0 radical (unpaired) electrons. The highest BCUT2D eigenvalue weighted by atomic mass is 16.7. The molecule has 1 fully saturated rings. The summed E-state index contributed by atoms with van der Waals surface area (Å²) >= 11 is 0. The topological polar surface area (TPSA) is 99.1 Å². The third-order valence-electron chi connectivity index (χ3n) is 5.05. The van der Waals surface area contributed by atoms with Gasteiger partial charge in [-0.1, -0.05) is 65.2 Å². The summed E-state index contributed by atoms with van der Waals surface area (Å²) in [7, 11) is 0.